The third-order valence-corrected chi connectivity index (χ3v) is 12.7. The molecule has 0 saturated carbocycles. The minimum absolute atomic E-state index is 0. The number of aliphatic hydroxyl groups excluding tert-OH is 1. The Morgan fingerprint density at radius 3 is 2.16 bits per heavy atom. The minimum atomic E-state index is -0.337. The van der Waals surface area contributed by atoms with Gasteiger partial charge in [-0.15, -0.1) is 40.5 Å². The summed E-state index contributed by atoms with van der Waals surface area (Å²) < 4.78 is 7.12. The van der Waals surface area contributed by atoms with Crippen molar-refractivity contribution in [1.29, 1.82) is 0 Å². The second-order valence-corrected chi connectivity index (χ2v) is 18.3. The number of nitrogens with zero attached hydrogens (tertiary/aromatic N) is 1. The molecule has 0 fully saturated rings. The Morgan fingerprint density at radius 1 is 0.891 bits per heavy atom. The van der Waals surface area contributed by atoms with Crippen molar-refractivity contribution in [3.8, 4) is 22.4 Å². The van der Waals surface area contributed by atoms with Crippen molar-refractivity contribution in [3.63, 3.8) is 0 Å². The average molecular weight is 935 g/mol. The summed E-state index contributed by atoms with van der Waals surface area (Å²) in [6.07, 6.45) is 7.69. The zero-order chi connectivity index (χ0) is 39.6. The number of allylic oxidation sites excluding steroid dienone is 2. The third kappa shape index (κ3) is 9.53. The van der Waals surface area contributed by atoms with Crippen LogP contribution in [0.2, 0.25) is 0 Å². The summed E-state index contributed by atoms with van der Waals surface area (Å²) in [6, 6.07) is 25.6. The van der Waals surface area contributed by atoms with E-state index >= 15 is 0 Å². The molecule has 0 saturated heterocycles. The molecule has 3 aromatic heterocycles. The maximum absolute atomic E-state index is 12.2. The van der Waals surface area contributed by atoms with Crippen molar-refractivity contribution in [3.05, 3.63) is 101 Å². The Hall–Kier alpha value is -3.57. The van der Waals surface area contributed by atoms with E-state index in [-0.39, 0.29) is 47.9 Å². The molecular weight excluding hydrogens is 875 g/mol. The van der Waals surface area contributed by atoms with Gasteiger partial charge in [-0.3, -0.25) is 9.78 Å². The molecule has 3 heterocycles. The Labute approximate surface area is 347 Å². The molecule has 0 bridgehead atoms. The number of aromatic nitrogens is 1. The normalized spacial score (nSPS) is 12.6. The van der Waals surface area contributed by atoms with Gasteiger partial charge in [0.2, 0.25) is 0 Å². The molecule has 6 aromatic rings. The molecule has 0 aliphatic rings. The van der Waals surface area contributed by atoms with Gasteiger partial charge in [0.15, 0.2) is 5.78 Å². The number of aliphatic hydroxyl groups is 1. The minimum Gasteiger partial charge on any atom is -0.512 e. The zero-order valence-corrected chi connectivity index (χ0v) is 38.2. The number of ketones is 1. The van der Waals surface area contributed by atoms with Gasteiger partial charge in [-0.25, -0.2) is 0 Å². The largest absolute Gasteiger partial charge is 0.512 e. The molecule has 0 spiro atoms. The third-order valence-electron chi connectivity index (χ3n) is 11.7. The Morgan fingerprint density at radius 2 is 1.55 bits per heavy atom. The van der Waals surface area contributed by atoms with Crippen LogP contribution in [0.5, 0.6) is 0 Å². The summed E-state index contributed by atoms with van der Waals surface area (Å²) in [5.41, 5.74) is 8.42. The number of hydrogen-bond donors (Lipinski definition) is 1. The number of thiophene rings is 1. The second kappa shape index (κ2) is 17.7. The Bertz CT molecular complexity index is 2290. The molecule has 6 heteroatoms. The van der Waals surface area contributed by atoms with Crippen molar-refractivity contribution >= 4 is 49.1 Å². The van der Waals surface area contributed by atoms with Gasteiger partial charge in [0.05, 0.1) is 16.5 Å². The summed E-state index contributed by atoms with van der Waals surface area (Å²) >= 11 is 1.81. The molecule has 295 valence electrons. The van der Waals surface area contributed by atoms with Crippen LogP contribution in [0.3, 0.4) is 0 Å². The zero-order valence-electron chi connectivity index (χ0n) is 35.0. The van der Waals surface area contributed by atoms with E-state index in [9.17, 15) is 9.90 Å². The van der Waals surface area contributed by atoms with Crippen LogP contribution >= 0.6 is 11.3 Å². The van der Waals surface area contributed by atoms with Gasteiger partial charge in [0, 0.05) is 53.0 Å². The molecule has 1 radical (unpaired) electrons. The van der Waals surface area contributed by atoms with Gasteiger partial charge in [-0.1, -0.05) is 117 Å². The van der Waals surface area contributed by atoms with Crippen LogP contribution < -0.4 is 0 Å². The fraction of sp³-hybridized carbons (Fsp3) is 0.429. The number of rotatable bonds is 11. The van der Waals surface area contributed by atoms with E-state index in [1.54, 1.807) is 0 Å². The number of furan rings is 1. The van der Waals surface area contributed by atoms with E-state index in [4.69, 9.17) is 9.40 Å². The Kier molecular flexibility index (Phi) is 14.2. The van der Waals surface area contributed by atoms with E-state index in [0.29, 0.717) is 5.92 Å². The first-order valence-corrected chi connectivity index (χ1v) is 20.6. The summed E-state index contributed by atoms with van der Waals surface area (Å²) in [6.45, 7) is 25.6. The van der Waals surface area contributed by atoms with Gasteiger partial charge in [-0.05, 0) is 85.3 Å². The van der Waals surface area contributed by atoms with Gasteiger partial charge in [0.25, 0.3) is 0 Å². The molecule has 0 unspecified atom stereocenters. The molecular formula is C49H60IrNO3S-. The summed E-state index contributed by atoms with van der Waals surface area (Å²) in [7, 11) is 0. The molecule has 4 nitrogen and oxygen atoms in total. The van der Waals surface area contributed by atoms with Crippen molar-refractivity contribution < 1.29 is 34.4 Å². The van der Waals surface area contributed by atoms with Gasteiger partial charge >= 0.3 is 0 Å². The molecule has 0 amide bonds. The van der Waals surface area contributed by atoms with Crippen LogP contribution in [0.4, 0.5) is 0 Å². The van der Waals surface area contributed by atoms with Gasteiger partial charge < -0.3 is 9.52 Å². The topological polar surface area (TPSA) is 63.3 Å². The smallest absolute Gasteiger partial charge is 0.164 e. The number of carbonyl (C=O) groups excluding carboxylic acids is 1. The van der Waals surface area contributed by atoms with E-state index in [1.807, 2.05) is 59.1 Å². The molecule has 3 aromatic carbocycles. The maximum atomic E-state index is 12.2. The van der Waals surface area contributed by atoms with Crippen LogP contribution in [0.25, 0.3) is 54.3 Å². The first-order chi connectivity index (χ1) is 25.5. The number of fused-ring (bicyclic) bond motifs is 3. The van der Waals surface area contributed by atoms with Crippen LogP contribution in [0, 0.1) is 29.7 Å². The average Bonchev–Trinajstić information content (AvgIpc) is 3.74. The number of carbonyl (C=O) groups is 1. The quantitative estimate of drug-likeness (QED) is 0.0799. The fourth-order valence-corrected chi connectivity index (χ4v) is 8.00. The summed E-state index contributed by atoms with van der Waals surface area (Å²) in [5, 5.41) is 13.7. The van der Waals surface area contributed by atoms with E-state index in [0.717, 1.165) is 59.8 Å². The number of benzene rings is 3. The van der Waals surface area contributed by atoms with E-state index in [2.05, 4.69) is 108 Å². The first-order valence-electron chi connectivity index (χ1n) is 19.8. The molecule has 0 aliphatic carbocycles. The predicted octanol–water partition coefficient (Wildman–Crippen LogP) is 14.8. The van der Waals surface area contributed by atoms with Crippen LogP contribution in [0.15, 0.2) is 83.2 Å². The molecule has 1 N–H and O–H groups in total. The molecule has 0 aliphatic heterocycles. The summed E-state index contributed by atoms with van der Waals surface area (Å²) in [5.74, 6) is 0.859. The number of pyridine rings is 1. The second-order valence-electron chi connectivity index (χ2n) is 17.0. The number of aryl methyl sites for hydroxylation is 1. The van der Waals surface area contributed by atoms with Gasteiger partial charge in [0.1, 0.15) is 11.3 Å². The Balaban J connectivity index is 0.000000320. The van der Waals surface area contributed by atoms with Crippen LogP contribution in [-0.2, 0) is 36.7 Å². The molecule has 55 heavy (non-hydrogen) atoms. The maximum Gasteiger partial charge on any atom is 0.164 e. The van der Waals surface area contributed by atoms with Crippen LogP contribution in [-0.4, -0.2) is 15.9 Å². The van der Waals surface area contributed by atoms with Crippen LogP contribution in [0.1, 0.15) is 118 Å². The number of hydrogen-bond acceptors (Lipinski definition) is 5. The fourth-order valence-electron chi connectivity index (χ4n) is 7.01. The van der Waals surface area contributed by atoms with Crippen molar-refractivity contribution in [2.24, 2.45) is 16.7 Å². The first kappa shape index (κ1) is 44.1. The predicted molar refractivity (Wildman–Crippen MR) is 232 cm³/mol. The van der Waals surface area contributed by atoms with Crippen molar-refractivity contribution in [2.45, 2.75) is 121 Å². The van der Waals surface area contributed by atoms with E-state index in [1.165, 1.54) is 48.7 Å². The van der Waals surface area contributed by atoms with Gasteiger partial charge in [-0.2, -0.15) is 0 Å². The molecule has 0 atom stereocenters. The van der Waals surface area contributed by atoms with E-state index < -0.39 is 0 Å². The standard InChI is InChI=1S/C34H32NOS.C15H28O2.Ir/c1-20(2)13-25-19-36-32-12-11-23(16-27(25)32)28-18-30(35-31-14-21(3)37-33(28)31)24-15-22-9-7-8-10-26(22)29(17-24)34(4,5)6;1-7-14(5,8-2)12(16)11-13(17)15(6,9-3)10-4;/h7-12,14,16-20H,13H2,1-6H3;11,16H,7-10H2,1-6H3;/q-1;;/b;12-11-;. The van der Waals surface area contributed by atoms with Crippen molar-refractivity contribution in [1.82, 2.24) is 4.98 Å². The monoisotopic (exact) mass is 935 g/mol. The van der Waals surface area contributed by atoms with Crippen molar-refractivity contribution in [2.75, 3.05) is 0 Å². The molecule has 6 rings (SSSR count). The SMILES string of the molecule is CCC(C)(CC)C(=O)/C=C(\O)C(C)(CC)CC.Cc1cc2nc(-c3[c-]c4ccccc4c(C(C)(C)C)c3)cc(-c3ccc4occ(CC(C)C)c4c3)c2s1.[Ir]. The summed E-state index contributed by atoms with van der Waals surface area (Å²) in [4.78, 5) is 18.6.